The van der Waals surface area contributed by atoms with Crippen molar-refractivity contribution in [1.82, 2.24) is 4.40 Å². The fourth-order valence-corrected chi connectivity index (χ4v) is 4.03. The van der Waals surface area contributed by atoms with Gasteiger partial charge in [-0.1, -0.05) is 40.7 Å². The van der Waals surface area contributed by atoms with E-state index in [2.05, 4.69) is 71.1 Å². The van der Waals surface area contributed by atoms with Crippen molar-refractivity contribution in [3.05, 3.63) is 58.9 Å². The Balaban J connectivity index is 2.31. The lowest BCUT2D eigenvalue weighted by atomic mass is 9.86. The van der Waals surface area contributed by atoms with Crippen LogP contribution in [0.3, 0.4) is 0 Å². The van der Waals surface area contributed by atoms with Gasteiger partial charge in [0.2, 0.25) is 0 Å². The lowest BCUT2D eigenvalue weighted by Crippen LogP contribution is -2.04. The predicted octanol–water partition coefficient (Wildman–Crippen LogP) is 7.02. The van der Waals surface area contributed by atoms with Crippen molar-refractivity contribution in [2.75, 3.05) is 7.11 Å². The Labute approximate surface area is 174 Å². The maximum absolute atomic E-state index is 12.1. The summed E-state index contributed by atoms with van der Waals surface area (Å²) in [5, 5.41) is 0. The topological polar surface area (TPSA) is 30.7 Å². The van der Waals surface area contributed by atoms with Crippen molar-refractivity contribution in [2.45, 2.75) is 65.7 Å². The number of pyridine rings is 1. The van der Waals surface area contributed by atoms with Gasteiger partial charge in [0.25, 0.3) is 0 Å². The zero-order valence-corrected chi connectivity index (χ0v) is 18.6. The number of ether oxygens (including phenoxy) is 1. The van der Waals surface area contributed by atoms with E-state index in [4.69, 9.17) is 4.74 Å². The SMILES string of the molecule is CCc1ccc2cc(-c3cc(C(C)CC)c(OC)c(C(C)CC)c3)c(C=O)n2c1. The van der Waals surface area contributed by atoms with Gasteiger partial charge in [0.15, 0.2) is 6.29 Å². The number of aldehydes is 1. The fraction of sp³-hybridized carbons (Fsp3) is 0.423. The predicted molar refractivity (Wildman–Crippen MR) is 122 cm³/mol. The minimum atomic E-state index is 0.385. The molecule has 0 bridgehead atoms. The molecule has 0 aliphatic rings. The molecular formula is C26H33NO2. The second-order valence-corrected chi connectivity index (χ2v) is 8.05. The highest BCUT2D eigenvalue weighted by Crippen LogP contribution is 2.41. The van der Waals surface area contributed by atoms with Gasteiger partial charge >= 0.3 is 0 Å². The Hall–Kier alpha value is -2.55. The summed E-state index contributed by atoms with van der Waals surface area (Å²) in [7, 11) is 1.77. The zero-order chi connectivity index (χ0) is 21.1. The van der Waals surface area contributed by atoms with Crippen molar-refractivity contribution in [2.24, 2.45) is 0 Å². The maximum atomic E-state index is 12.1. The zero-order valence-electron chi connectivity index (χ0n) is 18.6. The van der Waals surface area contributed by atoms with E-state index >= 15 is 0 Å². The van der Waals surface area contributed by atoms with Crippen molar-refractivity contribution < 1.29 is 9.53 Å². The van der Waals surface area contributed by atoms with E-state index in [9.17, 15) is 4.79 Å². The van der Waals surface area contributed by atoms with E-state index in [1.54, 1.807) is 7.11 Å². The van der Waals surface area contributed by atoms with Crippen LogP contribution in [-0.2, 0) is 6.42 Å². The van der Waals surface area contributed by atoms with Crippen LogP contribution in [0.1, 0.15) is 86.5 Å². The van der Waals surface area contributed by atoms with Crippen LogP contribution in [0.5, 0.6) is 5.75 Å². The number of methoxy groups -OCH3 is 1. The van der Waals surface area contributed by atoms with Gasteiger partial charge in [-0.3, -0.25) is 4.79 Å². The number of fused-ring (bicyclic) bond motifs is 1. The molecule has 0 radical (unpaired) electrons. The van der Waals surface area contributed by atoms with Gasteiger partial charge in [-0.15, -0.1) is 0 Å². The molecule has 3 nitrogen and oxygen atoms in total. The third-order valence-corrected chi connectivity index (χ3v) is 6.34. The summed E-state index contributed by atoms with van der Waals surface area (Å²) < 4.78 is 7.91. The van der Waals surface area contributed by atoms with Gasteiger partial charge in [0.1, 0.15) is 5.75 Å². The molecule has 0 saturated carbocycles. The molecule has 2 unspecified atom stereocenters. The second kappa shape index (κ2) is 8.86. The molecule has 2 atom stereocenters. The Morgan fingerprint density at radius 3 is 2.10 bits per heavy atom. The lowest BCUT2D eigenvalue weighted by Gasteiger charge is -2.22. The van der Waals surface area contributed by atoms with Crippen LogP contribution in [0.2, 0.25) is 0 Å². The first-order valence-corrected chi connectivity index (χ1v) is 10.8. The van der Waals surface area contributed by atoms with Crippen LogP contribution in [0.15, 0.2) is 36.5 Å². The molecule has 2 heterocycles. The Kier molecular flexibility index (Phi) is 6.46. The molecule has 3 rings (SSSR count). The van der Waals surface area contributed by atoms with Crippen LogP contribution < -0.4 is 4.74 Å². The summed E-state index contributed by atoms with van der Waals surface area (Å²) in [6.07, 6.45) is 6.09. The molecule has 0 aliphatic carbocycles. The van der Waals surface area contributed by atoms with Gasteiger partial charge in [-0.2, -0.15) is 0 Å². The summed E-state index contributed by atoms with van der Waals surface area (Å²) in [5.74, 6) is 1.77. The molecule has 0 N–H and O–H groups in total. The molecule has 1 aromatic carbocycles. The second-order valence-electron chi connectivity index (χ2n) is 8.05. The number of carbonyl (C=O) groups is 1. The summed E-state index contributed by atoms with van der Waals surface area (Å²) in [5.41, 5.74) is 7.52. The van der Waals surface area contributed by atoms with Gasteiger partial charge in [0, 0.05) is 17.3 Å². The van der Waals surface area contributed by atoms with Crippen LogP contribution >= 0.6 is 0 Å². The number of aryl methyl sites for hydroxylation is 1. The van der Waals surface area contributed by atoms with Crippen molar-refractivity contribution >= 4 is 11.8 Å². The first-order chi connectivity index (χ1) is 14.0. The molecule has 3 heteroatoms. The quantitative estimate of drug-likeness (QED) is 0.386. The number of hydrogen-bond donors (Lipinski definition) is 0. The standard InChI is InChI=1S/C26H33NO2/c1-7-17(4)22-12-20(13-23(18(5)8-2)26(22)29-6)24-14-21-11-10-19(9-3)15-27(21)25(24)16-28/h10-18H,7-9H2,1-6H3. The number of nitrogens with zero attached hydrogens (tertiary/aromatic N) is 1. The molecule has 0 fully saturated rings. The van der Waals surface area contributed by atoms with Gasteiger partial charge in [0.05, 0.1) is 12.8 Å². The number of rotatable bonds is 8. The minimum absolute atomic E-state index is 0.385. The Morgan fingerprint density at radius 1 is 1.00 bits per heavy atom. The Morgan fingerprint density at radius 2 is 1.62 bits per heavy atom. The number of aromatic nitrogens is 1. The fourth-order valence-electron chi connectivity index (χ4n) is 4.03. The minimum Gasteiger partial charge on any atom is -0.496 e. The van der Waals surface area contributed by atoms with E-state index in [-0.39, 0.29) is 0 Å². The van der Waals surface area contributed by atoms with Crippen LogP contribution in [0.4, 0.5) is 0 Å². The monoisotopic (exact) mass is 391 g/mol. The maximum Gasteiger partial charge on any atom is 0.167 e. The largest absolute Gasteiger partial charge is 0.496 e. The van der Waals surface area contributed by atoms with Crippen LogP contribution in [-0.4, -0.2) is 17.8 Å². The van der Waals surface area contributed by atoms with Crippen molar-refractivity contribution in [1.29, 1.82) is 0 Å². The number of carbonyl (C=O) groups excluding carboxylic acids is 1. The van der Waals surface area contributed by atoms with E-state index in [0.717, 1.165) is 47.9 Å². The molecule has 154 valence electrons. The average Bonchev–Trinajstić information content (AvgIpc) is 3.14. The first kappa shape index (κ1) is 21.2. The van der Waals surface area contributed by atoms with Gasteiger partial charge in [-0.05, 0) is 77.6 Å². The Bertz CT molecular complexity index is 984. The third kappa shape index (κ3) is 3.83. The summed E-state index contributed by atoms with van der Waals surface area (Å²) >= 11 is 0. The van der Waals surface area contributed by atoms with Crippen LogP contribution in [0.25, 0.3) is 16.6 Å². The molecule has 29 heavy (non-hydrogen) atoms. The molecule has 0 aliphatic heterocycles. The number of benzene rings is 1. The molecule has 2 aromatic heterocycles. The smallest absolute Gasteiger partial charge is 0.167 e. The highest BCUT2D eigenvalue weighted by Gasteiger charge is 2.21. The normalized spacial score (nSPS) is 13.4. The lowest BCUT2D eigenvalue weighted by molar-refractivity contribution is 0.111. The van der Waals surface area contributed by atoms with Crippen molar-refractivity contribution in [3.8, 4) is 16.9 Å². The van der Waals surface area contributed by atoms with Crippen LogP contribution in [0, 0.1) is 0 Å². The number of hydrogen-bond acceptors (Lipinski definition) is 2. The molecule has 0 amide bonds. The summed E-state index contributed by atoms with van der Waals surface area (Å²) in [6, 6.07) is 10.8. The van der Waals surface area contributed by atoms with Gasteiger partial charge < -0.3 is 9.14 Å². The highest BCUT2D eigenvalue weighted by atomic mass is 16.5. The summed E-state index contributed by atoms with van der Waals surface area (Å²) in [4.78, 5) is 12.1. The van der Waals surface area contributed by atoms with E-state index in [0.29, 0.717) is 17.5 Å². The van der Waals surface area contributed by atoms with Gasteiger partial charge in [-0.25, -0.2) is 0 Å². The average molecular weight is 392 g/mol. The first-order valence-electron chi connectivity index (χ1n) is 10.8. The highest BCUT2D eigenvalue weighted by molar-refractivity contribution is 5.90. The molecule has 0 spiro atoms. The molecule has 0 saturated heterocycles. The summed E-state index contributed by atoms with van der Waals surface area (Å²) in [6.45, 7) is 11.0. The molecule has 3 aromatic rings. The van der Waals surface area contributed by atoms with E-state index < -0.39 is 0 Å². The molecular weight excluding hydrogens is 358 g/mol. The van der Waals surface area contributed by atoms with E-state index in [1.807, 2.05) is 4.40 Å². The van der Waals surface area contributed by atoms with E-state index in [1.165, 1.54) is 16.7 Å². The van der Waals surface area contributed by atoms with Crippen molar-refractivity contribution in [3.63, 3.8) is 0 Å². The third-order valence-electron chi connectivity index (χ3n) is 6.34.